The quantitative estimate of drug-likeness (QED) is 0.334. The third-order valence-corrected chi connectivity index (χ3v) is 5.03. The van der Waals surface area contributed by atoms with E-state index in [2.05, 4.69) is 5.32 Å². The van der Waals surface area contributed by atoms with Gasteiger partial charge in [0.25, 0.3) is 5.91 Å². The molecule has 0 spiro atoms. The van der Waals surface area contributed by atoms with Gasteiger partial charge in [-0.25, -0.2) is 0 Å². The van der Waals surface area contributed by atoms with Gasteiger partial charge in [0, 0.05) is 17.3 Å². The maximum absolute atomic E-state index is 13.2. The van der Waals surface area contributed by atoms with Gasteiger partial charge in [-0.3, -0.25) is 4.79 Å². The number of phenols is 1. The molecular weight excluding hydrogens is 440 g/mol. The van der Waals surface area contributed by atoms with Crippen molar-refractivity contribution in [3.05, 3.63) is 70.8 Å². The highest BCUT2D eigenvalue weighted by Gasteiger charge is 2.34. The molecule has 166 valence electrons. The Kier molecular flexibility index (Phi) is 4.83. The molecule has 0 aliphatic rings. The molecule has 0 saturated heterocycles. The summed E-state index contributed by atoms with van der Waals surface area (Å²) in [5.41, 5.74) is -2.93. The number of fused-ring (bicyclic) bond motifs is 2. The van der Waals surface area contributed by atoms with Crippen LogP contribution in [0.1, 0.15) is 27.0 Å². The standard InChI is InChI=1S/C22H13F6NO3/c1-10-13(22(26,27)28)6-3-7-14(10)29-20(31)18-16-9-15(30)19(32-16)17(18)11-4-2-5-12(8-11)21(23,24)25/h2-9,30H,1H3,(H,29,31). The van der Waals surface area contributed by atoms with Crippen molar-refractivity contribution in [3.8, 4) is 16.9 Å². The maximum atomic E-state index is 13.2. The number of nitrogens with one attached hydrogen (secondary N) is 1. The Hall–Kier alpha value is -3.69. The first kappa shape index (κ1) is 21.5. The molecule has 10 heteroatoms. The van der Waals surface area contributed by atoms with Crippen LogP contribution in [0, 0.1) is 6.92 Å². The predicted octanol–water partition coefficient (Wildman–Crippen LogP) is 6.84. The maximum Gasteiger partial charge on any atom is 0.416 e. The smallest absolute Gasteiger partial charge is 0.416 e. The van der Waals surface area contributed by atoms with Crippen molar-refractivity contribution in [2.24, 2.45) is 0 Å². The van der Waals surface area contributed by atoms with Crippen LogP contribution in [0.2, 0.25) is 0 Å². The van der Waals surface area contributed by atoms with Gasteiger partial charge < -0.3 is 14.8 Å². The zero-order valence-electron chi connectivity index (χ0n) is 16.2. The summed E-state index contributed by atoms with van der Waals surface area (Å²) >= 11 is 0. The van der Waals surface area contributed by atoms with E-state index in [4.69, 9.17) is 4.42 Å². The molecule has 0 aliphatic carbocycles. The Morgan fingerprint density at radius 1 is 0.969 bits per heavy atom. The van der Waals surface area contributed by atoms with Gasteiger partial charge >= 0.3 is 12.4 Å². The number of furan rings is 2. The number of hydrogen-bond donors (Lipinski definition) is 2. The monoisotopic (exact) mass is 453 g/mol. The number of rotatable bonds is 3. The van der Waals surface area contributed by atoms with Crippen molar-refractivity contribution in [1.29, 1.82) is 0 Å². The van der Waals surface area contributed by atoms with Gasteiger partial charge in [-0.2, -0.15) is 26.3 Å². The molecule has 0 atom stereocenters. The first-order chi connectivity index (χ1) is 14.9. The lowest BCUT2D eigenvalue weighted by atomic mass is 9.96. The second-order valence-corrected chi connectivity index (χ2v) is 7.08. The van der Waals surface area contributed by atoms with Crippen LogP contribution in [0.3, 0.4) is 0 Å². The number of amides is 1. The molecule has 2 N–H and O–H groups in total. The Bertz CT molecular complexity index is 1320. The molecule has 0 fully saturated rings. The topological polar surface area (TPSA) is 62.5 Å². The molecule has 2 bridgehead atoms. The van der Waals surface area contributed by atoms with E-state index < -0.39 is 29.4 Å². The Morgan fingerprint density at radius 2 is 1.66 bits per heavy atom. The summed E-state index contributed by atoms with van der Waals surface area (Å²) in [6, 6.07) is 8.45. The molecule has 32 heavy (non-hydrogen) atoms. The molecular formula is C22H13F6NO3. The Morgan fingerprint density at radius 3 is 2.31 bits per heavy atom. The van der Waals surface area contributed by atoms with Gasteiger partial charge in [0.2, 0.25) is 0 Å². The lowest BCUT2D eigenvalue weighted by molar-refractivity contribution is -0.138. The normalized spacial score (nSPS) is 12.5. The van der Waals surface area contributed by atoms with Crippen LogP contribution >= 0.6 is 0 Å². The van der Waals surface area contributed by atoms with Crippen molar-refractivity contribution in [2.45, 2.75) is 19.3 Å². The number of halogens is 6. The van der Waals surface area contributed by atoms with E-state index in [9.17, 15) is 36.2 Å². The molecule has 4 nitrogen and oxygen atoms in total. The van der Waals surface area contributed by atoms with Gasteiger partial charge in [-0.05, 0) is 42.3 Å². The highest BCUT2D eigenvalue weighted by atomic mass is 19.4. The predicted molar refractivity (Wildman–Crippen MR) is 104 cm³/mol. The van der Waals surface area contributed by atoms with Crippen LogP contribution in [0.5, 0.6) is 5.75 Å². The fraction of sp³-hybridized carbons (Fsp3) is 0.136. The van der Waals surface area contributed by atoms with Crippen LogP contribution in [0.25, 0.3) is 22.3 Å². The number of hydrogen-bond acceptors (Lipinski definition) is 3. The molecule has 0 radical (unpaired) electrons. The average Bonchev–Trinajstić information content (AvgIpc) is 3.25. The van der Waals surface area contributed by atoms with E-state index in [0.29, 0.717) is 0 Å². The summed E-state index contributed by atoms with van der Waals surface area (Å²) in [5.74, 6) is -1.27. The van der Waals surface area contributed by atoms with E-state index in [1.165, 1.54) is 19.1 Å². The number of benzene rings is 3. The van der Waals surface area contributed by atoms with E-state index in [1.807, 2.05) is 0 Å². The van der Waals surface area contributed by atoms with Crippen molar-refractivity contribution in [3.63, 3.8) is 0 Å². The van der Waals surface area contributed by atoms with Gasteiger partial charge in [0.15, 0.2) is 11.3 Å². The third kappa shape index (κ3) is 3.61. The molecule has 0 saturated carbocycles. The first-order valence-electron chi connectivity index (χ1n) is 9.11. The van der Waals surface area contributed by atoms with Crippen LogP contribution in [0.4, 0.5) is 32.0 Å². The number of phenolic OH excluding ortho intramolecular Hbond substituents is 1. The van der Waals surface area contributed by atoms with Gasteiger partial charge in [0.1, 0.15) is 5.58 Å². The summed E-state index contributed by atoms with van der Waals surface area (Å²) in [6.45, 7) is 1.19. The minimum absolute atomic E-state index is 0.0459. The zero-order chi connectivity index (χ0) is 23.4. The number of carbonyl (C=O) groups is 1. The second kappa shape index (κ2) is 7.18. The Balaban J connectivity index is 1.80. The molecule has 0 aliphatic heterocycles. The van der Waals surface area contributed by atoms with E-state index in [1.54, 1.807) is 0 Å². The summed E-state index contributed by atoms with van der Waals surface area (Å²) in [4.78, 5) is 13.0. The van der Waals surface area contributed by atoms with Crippen LogP contribution in [-0.4, -0.2) is 11.0 Å². The minimum Gasteiger partial charge on any atom is -0.504 e. The summed E-state index contributed by atoms with van der Waals surface area (Å²) in [6.07, 6.45) is -9.29. The molecule has 1 amide bonds. The van der Waals surface area contributed by atoms with Crippen molar-refractivity contribution in [2.75, 3.05) is 5.32 Å². The number of carbonyl (C=O) groups excluding carboxylic acids is 1. The fourth-order valence-corrected chi connectivity index (χ4v) is 3.54. The molecule has 2 aromatic carbocycles. The third-order valence-electron chi connectivity index (χ3n) is 5.03. The average molecular weight is 453 g/mol. The minimum atomic E-state index is -4.65. The molecule has 2 aromatic heterocycles. The molecule has 4 aromatic rings. The first-order valence-corrected chi connectivity index (χ1v) is 9.11. The molecule has 0 unspecified atom stereocenters. The summed E-state index contributed by atoms with van der Waals surface area (Å²) < 4.78 is 84.3. The van der Waals surface area contributed by atoms with Crippen LogP contribution in [-0.2, 0) is 12.4 Å². The number of alkyl halides is 6. The lowest BCUT2D eigenvalue weighted by Crippen LogP contribution is -2.16. The Labute approximate surface area is 176 Å². The summed E-state index contributed by atoms with van der Waals surface area (Å²) in [7, 11) is 0. The van der Waals surface area contributed by atoms with Crippen LogP contribution < -0.4 is 5.32 Å². The van der Waals surface area contributed by atoms with Crippen LogP contribution in [0.15, 0.2) is 52.9 Å². The van der Waals surface area contributed by atoms with E-state index in [-0.39, 0.29) is 44.9 Å². The second-order valence-electron chi connectivity index (χ2n) is 7.08. The number of aromatic hydroxyl groups is 1. The highest BCUT2D eigenvalue weighted by molar-refractivity contribution is 6.17. The van der Waals surface area contributed by atoms with Gasteiger partial charge in [-0.15, -0.1) is 0 Å². The largest absolute Gasteiger partial charge is 0.504 e. The number of anilines is 1. The molecule has 4 rings (SSSR count). The summed E-state index contributed by atoms with van der Waals surface area (Å²) in [5, 5.41) is 12.4. The van der Waals surface area contributed by atoms with Gasteiger partial charge in [0.05, 0.1) is 16.7 Å². The highest BCUT2D eigenvalue weighted by Crippen LogP contribution is 2.44. The fourth-order valence-electron chi connectivity index (χ4n) is 3.54. The van der Waals surface area contributed by atoms with E-state index >= 15 is 0 Å². The lowest BCUT2D eigenvalue weighted by Gasteiger charge is -2.15. The van der Waals surface area contributed by atoms with Crippen molar-refractivity contribution >= 4 is 22.8 Å². The van der Waals surface area contributed by atoms with Crippen molar-refractivity contribution in [1.82, 2.24) is 0 Å². The van der Waals surface area contributed by atoms with Gasteiger partial charge in [-0.1, -0.05) is 18.2 Å². The van der Waals surface area contributed by atoms with Crippen molar-refractivity contribution < 1.29 is 40.7 Å². The SMILES string of the molecule is Cc1c(NC(=O)c2c(-c3cccc(C(F)(F)F)c3)c3oc2cc3O)cccc1C(F)(F)F. The molecule has 2 heterocycles. The van der Waals surface area contributed by atoms with E-state index in [0.717, 1.165) is 36.4 Å². The zero-order valence-corrected chi connectivity index (χ0v) is 16.2.